The van der Waals surface area contributed by atoms with E-state index in [0.717, 1.165) is 18.5 Å². The van der Waals surface area contributed by atoms with E-state index >= 15 is 0 Å². The van der Waals surface area contributed by atoms with E-state index in [1.165, 1.54) is 19.4 Å². The fourth-order valence-electron chi connectivity index (χ4n) is 2.90. The molecule has 1 heterocycles. The molecule has 2 nitrogen and oxygen atoms in total. The summed E-state index contributed by atoms with van der Waals surface area (Å²) < 4.78 is 0. The van der Waals surface area contributed by atoms with Crippen LogP contribution in [0.25, 0.3) is 0 Å². The Balaban J connectivity index is 2.75. The van der Waals surface area contributed by atoms with Gasteiger partial charge in [0.2, 0.25) is 0 Å². The normalized spacial score (nSPS) is 26.2. The first-order valence-electron chi connectivity index (χ1n) is 6.33. The zero-order valence-electron chi connectivity index (χ0n) is 11.1. The molecule has 0 aromatic heterocycles. The third-order valence-electron chi connectivity index (χ3n) is 3.73. The number of rotatable bonds is 3. The zero-order chi connectivity index (χ0) is 11.6. The molecule has 2 N–H and O–H groups in total. The van der Waals surface area contributed by atoms with Crippen molar-refractivity contribution >= 4 is 0 Å². The quantitative estimate of drug-likeness (QED) is 0.779. The van der Waals surface area contributed by atoms with Gasteiger partial charge in [0, 0.05) is 18.6 Å². The van der Waals surface area contributed by atoms with Gasteiger partial charge in [-0.15, -0.1) is 0 Å². The molecule has 2 heteroatoms. The van der Waals surface area contributed by atoms with Crippen molar-refractivity contribution in [3.05, 3.63) is 0 Å². The maximum atomic E-state index is 5.96. The van der Waals surface area contributed by atoms with Crippen molar-refractivity contribution in [2.45, 2.75) is 59.5 Å². The topological polar surface area (TPSA) is 29.3 Å². The van der Waals surface area contributed by atoms with Crippen LogP contribution < -0.4 is 5.73 Å². The highest BCUT2D eigenvalue weighted by Gasteiger charge is 2.37. The average molecular weight is 212 g/mol. The van der Waals surface area contributed by atoms with Gasteiger partial charge in [-0.05, 0) is 30.7 Å². The highest BCUT2D eigenvalue weighted by Crippen LogP contribution is 2.32. The first kappa shape index (κ1) is 13.0. The highest BCUT2D eigenvalue weighted by molar-refractivity contribution is 4.92. The Kier molecular flexibility index (Phi) is 4.19. The van der Waals surface area contributed by atoms with Gasteiger partial charge in [-0.1, -0.05) is 34.6 Å². The molecular formula is C13H28N2. The first-order chi connectivity index (χ1) is 6.88. The van der Waals surface area contributed by atoms with Gasteiger partial charge in [-0.3, -0.25) is 4.90 Å². The van der Waals surface area contributed by atoms with Crippen LogP contribution in [-0.4, -0.2) is 30.1 Å². The van der Waals surface area contributed by atoms with Gasteiger partial charge in [0.25, 0.3) is 0 Å². The second kappa shape index (κ2) is 4.84. The lowest BCUT2D eigenvalue weighted by Crippen LogP contribution is -2.51. The summed E-state index contributed by atoms with van der Waals surface area (Å²) in [4.78, 5) is 2.66. The monoisotopic (exact) mass is 212 g/mol. The second-order valence-electron chi connectivity index (χ2n) is 6.31. The van der Waals surface area contributed by atoms with E-state index in [-0.39, 0.29) is 0 Å². The lowest BCUT2D eigenvalue weighted by molar-refractivity contribution is 0.0743. The number of nitrogens with zero attached hydrogens (tertiary/aromatic N) is 1. The fourth-order valence-corrected chi connectivity index (χ4v) is 2.90. The fraction of sp³-hybridized carbons (Fsp3) is 1.00. The first-order valence-corrected chi connectivity index (χ1v) is 6.33. The van der Waals surface area contributed by atoms with E-state index < -0.39 is 0 Å². The molecule has 0 radical (unpaired) electrons. The lowest BCUT2D eigenvalue weighted by atomic mass is 9.84. The van der Waals surface area contributed by atoms with E-state index in [9.17, 15) is 0 Å². The SMILES string of the molecule is CC(C)C1CCCN1C(CN)C(C)(C)C. The van der Waals surface area contributed by atoms with Crippen LogP contribution in [0.3, 0.4) is 0 Å². The molecule has 2 unspecified atom stereocenters. The summed E-state index contributed by atoms with van der Waals surface area (Å²) in [6, 6.07) is 1.28. The number of hydrogen-bond acceptors (Lipinski definition) is 2. The number of likely N-dealkylation sites (tertiary alicyclic amines) is 1. The van der Waals surface area contributed by atoms with Crippen molar-refractivity contribution in [3.8, 4) is 0 Å². The molecule has 0 aromatic carbocycles. The van der Waals surface area contributed by atoms with Gasteiger partial charge < -0.3 is 5.73 Å². The lowest BCUT2D eigenvalue weighted by Gasteiger charge is -2.42. The molecule has 0 aromatic rings. The minimum atomic E-state index is 0.298. The smallest absolute Gasteiger partial charge is 0.0269 e. The predicted molar refractivity (Wildman–Crippen MR) is 66.9 cm³/mol. The molecule has 1 rings (SSSR count). The Labute approximate surface area is 95.2 Å². The van der Waals surface area contributed by atoms with Gasteiger partial charge in [-0.25, -0.2) is 0 Å². The number of hydrogen-bond donors (Lipinski definition) is 1. The Hall–Kier alpha value is -0.0800. The van der Waals surface area contributed by atoms with E-state index in [0.29, 0.717) is 11.5 Å². The Bertz CT molecular complexity index is 193. The van der Waals surface area contributed by atoms with Crippen LogP contribution in [0.2, 0.25) is 0 Å². The highest BCUT2D eigenvalue weighted by atomic mass is 15.2. The standard InChI is InChI=1S/C13H28N2/c1-10(2)11-7-6-8-15(11)12(9-14)13(3,4)5/h10-12H,6-9,14H2,1-5H3. The molecule has 0 saturated carbocycles. The molecule has 0 spiro atoms. The molecule has 0 aliphatic carbocycles. The van der Waals surface area contributed by atoms with Crippen LogP contribution in [0.15, 0.2) is 0 Å². The zero-order valence-corrected chi connectivity index (χ0v) is 11.1. The summed E-state index contributed by atoms with van der Waals surface area (Å²) in [6.07, 6.45) is 2.69. The molecule has 0 bridgehead atoms. The third-order valence-corrected chi connectivity index (χ3v) is 3.73. The molecule has 15 heavy (non-hydrogen) atoms. The van der Waals surface area contributed by atoms with Gasteiger partial charge >= 0.3 is 0 Å². The van der Waals surface area contributed by atoms with Crippen molar-refractivity contribution in [1.29, 1.82) is 0 Å². The molecule has 1 fully saturated rings. The minimum Gasteiger partial charge on any atom is -0.329 e. The van der Waals surface area contributed by atoms with E-state index in [2.05, 4.69) is 39.5 Å². The van der Waals surface area contributed by atoms with E-state index in [1.54, 1.807) is 0 Å². The molecule has 1 aliphatic heterocycles. The molecular weight excluding hydrogens is 184 g/mol. The maximum absolute atomic E-state index is 5.96. The summed E-state index contributed by atoms with van der Waals surface area (Å²) in [5.41, 5.74) is 6.26. The van der Waals surface area contributed by atoms with Crippen LogP contribution in [0.4, 0.5) is 0 Å². The largest absolute Gasteiger partial charge is 0.329 e. The predicted octanol–water partition coefficient (Wildman–Crippen LogP) is 2.48. The molecule has 90 valence electrons. The Morgan fingerprint density at radius 3 is 2.33 bits per heavy atom. The third kappa shape index (κ3) is 2.94. The van der Waals surface area contributed by atoms with Gasteiger partial charge in [-0.2, -0.15) is 0 Å². The molecule has 1 aliphatic rings. The summed E-state index contributed by atoms with van der Waals surface area (Å²) in [5, 5.41) is 0. The van der Waals surface area contributed by atoms with Gasteiger partial charge in [0.15, 0.2) is 0 Å². The van der Waals surface area contributed by atoms with Crippen LogP contribution in [-0.2, 0) is 0 Å². The Morgan fingerprint density at radius 2 is 1.93 bits per heavy atom. The van der Waals surface area contributed by atoms with Crippen LogP contribution in [0, 0.1) is 11.3 Å². The van der Waals surface area contributed by atoms with Crippen molar-refractivity contribution < 1.29 is 0 Å². The van der Waals surface area contributed by atoms with Gasteiger partial charge in [0.05, 0.1) is 0 Å². The van der Waals surface area contributed by atoms with Crippen molar-refractivity contribution in [2.24, 2.45) is 17.1 Å². The van der Waals surface area contributed by atoms with Gasteiger partial charge in [0.1, 0.15) is 0 Å². The van der Waals surface area contributed by atoms with Crippen LogP contribution >= 0.6 is 0 Å². The summed E-state index contributed by atoms with van der Waals surface area (Å²) in [5.74, 6) is 0.754. The number of nitrogens with two attached hydrogens (primary N) is 1. The van der Waals surface area contributed by atoms with E-state index in [4.69, 9.17) is 5.73 Å². The van der Waals surface area contributed by atoms with E-state index in [1.807, 2.05) is 0 Å². The summed E-state index contributed by atoms with van der Waals surface area (Å²) in [6.45, 7) is 13.6. The Morgan fingerprint density at radius 1 is 1.33 bits per heavy atom. The summed E-state index contributed by atoms with van der Waals surface area (Å²) >= 11 is 0. The van der Waals surface area contributed by atoms with Crippen molar-refractivity contribution in [1.82, 2.24) is 4.90 Å². The molecule has 0 amide bonds. The summed E-state index contributed by atoms with van der Waals surface area (Å²) in [7, 11) is 0. The minimum absolute atomic E-state index is 0.298. The van der Waals surface area contributed by atoms with Crippen molar-refractivity contribution in [2.75, 3.05) is 13.1 Å². The van der Waals surface area contributed by atoms with Crippen LogP contribution in [0.5, 0.6) is 0 Å². The van der Waals surface area contributed by atoms with Crippen LogP contribution in [0.1, 0.15) is 47.5 Å². The molecule has 2 atom stereocenters. The van der Waals surface area contributed by atoms with Crippen molar-refractivity contribution in [3.63, 3.8) is 0 Å². The molecule has 1 saturated heterocycles. The average Bonchev–Trinajstić information content (AvgIpc) is 2.51. The second-order valence-corrected chi connectivity index (χ2v) is 6.31. The maximum Gasteiger partial charge on any atom is 0.0269 e.